The molecule has 0 radical (unpaired) electrons. The van der Waals surface area contributed by atoms with Gasteiger partial charge in [0, 0.05) is 26.8 Å². The van der Waals surface area contributed by atoms with Crippen molar-refractivity contribution in [2.75, 3.05) is 5.32 Å². The summed E-state index contributed by atoms with van der Waals surface area (Å²) in [5, 5.41) is 4.98. The Labute approximate surface area is 246 Å². The molecular formula is C32H29ClN2O3S2. The van der Waals surface area contributed by atoms with Gasteiger partial charge in [-0.3, -0.25) is 14.2 Å². The number of carbonyl (C=O) groups excluding carboxylic acids is 1. The van der Waals surface area contributed by atoms with Gasteiger partial charge >= 0.3 is 4.87 Å². The molecule has 1 aliphatic heterocycles. The second kappa shape index (κ2) is 10.8. The summed E-state index contributed by atoms with van der Waals surface area (Å²) in [5.41, 5.74) is 3.03. The highest BCUT2D eigenvalue weighted by Crippen LogP contribution is 2.64. The number of nitrogens with one attached hydrogen (secondary N) is 1. The minimum absolute atomic E-state index is 0.00472. The van der Waals surface area contributed by atoms with E-state index in [0.29, 0.717) is 40.3 Å². The van der Waals surface area contributed by atoms with E-state index >= 15 is 0 Å². The van der Waals surface area contributed by atoms with Crippen molar-refractivity contribution in [3.05, 3.63) is 110 Å². The number of amides is 1. The van der Waals surface area contributed by atoms with E-state index < -0.39 is 0 Å². The average molecular weight is 589 g/mol. The molecule has 2 saturated carbocycles. The molecule has 2 bridgehead atoms. The molecule has 7 rings (SSSR count). The van der Waals surface area contributed by atoms with Crippen molar-refractivity contribution in [2.45, 2.75) is 48.6 Å². The molecule has 40 heavy (non-hydrogen) atoms. The lowest BCUT2D eigenvalue weighted by molar-refractivity contribution is -0.116. The third-order valence-corrected chi connectivity index (χ3v) is 11.7. The van der Waals surface area contributed by atoms with Crippen molar-refractivity contribution in [1.82, 2.24) is 4.57 Å². The number of rotatable bonds is 7. The van der Waals surface area contributed by atoms with Crippen LogP contribution in [0.4, 0.5) is 5.69 Å². The zero-order valence-corrected chi connectivity index (χ0v) is 24.2. The molecule has 5 unspecified atom stereocenters. The van der Waals surface area contributed by atoms with Gasteiger partial charge in [0.15, 0.2) is 0 Å². The first kappa shape index (κ1) is 25.9. The molecule has 8 heteroatoms. The first-order valence-electron chi connectivity index (χ1n) is 13.8. The molecule has 3 aliphatic rings. The summed E-state index contributed by atoms with van der Waals surface area (Å²) in [6.07, 6.45) is 3.81. The summed E-state index contributed by atoms with van der Waals surface area (Å²) in [4.78, 5) is 27.4. The normalized spacial score (nSPS) is 24.4. The molecule has 3 aromatic carbocycles. The van der Waals surface area contributed by atoms with E-state index in [0.717, 1.165) is 21.2 Å². The number of anilines is 1. The van der Waals surface area contributed by atoms with E-state index in [-0.39, 0.29) is 23.2 Å². The predicted octanol–water partition coefficient (Wildman–Crippen LogP) is 7.43. The van der Waals surface area contributed by atoms with E-state index in [1.807, 2.05) is 30.0 Å². The van der Waals surface area contributed by atoms with Crippen LogP contribution >= 0.6 is 34.7 Å². The van der Waals surface area contributed by atoms with Crippen LogP contribution in [0.2, 0.25) is 5.02 Å². The topological polar surface area (TPSA) is 60.3 Å². The number of fused-ring (bicyclic) bond motifs is 6. The van der Waals surface area contributed by atoms with Crippen molar-refractivity contribution < 1.29 is 9.53 Å². The molecule has 1 N–H and O–H groups in total. The Kier molecular flexibility index (Phi) is 6.98. The molecule has 2 fully saturated rings. The molecule has 4 aromatic rings. The average Bonchev–Trinajstić information content (AvgIpc) is 3.67. The van der Waals surface area contributed by atoms with E-state index in [2.05, 4.69) is 41.7 Å². The van der Waals surface area contributed by atoms with Crippen molar-refractivity contribution in [3.8, 4) is 5.75 Å². The van der Waals surface area contributed by atoms with Gasteiger partial charge < -0.3 is 10.1 Å². The Morgan fingerprint density at radius 3 is 2.50 bits per heavy atom. The molecule has 0 saturated heterocycles. The maximum absolute atomic E-state index is 13.3. The van der Waals surface area contributed by atoms with Crippen LogP contribution in [-0.2, 0) is 17.9 Å². The molecular weight excluding hydrogens is 560 g/mol. The Morgan fingerprint density at radius 1 is 0.975 bits per heavy atom. The minimum Gasteiger partial charge on any atom is -0.489 e. The maximum Gasteiger partial charge on any atom is 0.308 e. The summed E-state index contributed by atoms with van der Waals surface area (Å²) in [5.74, 6) is 2.67. The fourth-order valence-corrected chi connectivity index (χ4v) is 10.1. The zero-order chi connectivity index (χ0) is 27.2. The standard InChI is InChI=1S/C32H29ClN2O3S2/c33-23-10-12-24(13-11-23)34-26(36)17-35-31-30(40-32(35)37)27(28-21-6-7-22(16-21)29(28)39-31)20-8-14-25(15-9-20)38-18-19-4-2-1-3-5-19/h1-5,8-15,21-22,27-29H,6-7,16-18H2,(H,34,36). The van der Waals surface area contributed by atoms with E-state index in [1.165, 1.54) is 36.2 Å². The van der Waals surface area contributed by atoms with Crippen LogP contribution in [0.1, 0.15) is 41.2 Å². The second-order valence-electron chi connectivity index (χ2n) is 11.0. The summed E-state index contributed by atoms with van der Waals surface area (Å²) in [6.45, 7) is 0.534. The SMILES string of the molecule is O=C(Cn1c2c(sc1=O)C(c1ccc(OCc3ccccc3)cc1)C1C3CCC(C3)C1S2)Nc1ccc(Cl)cc1. The highest BCUT2D eigenvalue weighted by molar-refractivity contribution is 8.00. The molecule has 5 atom stereocenters. The number of aromatic nitrogens is 1. The number of ether oxygens (including phenoxy) is 1. The van der Waals surface area contributed by atoms with Crippen LogP contribution in [-0.4, -0.2) is 15.7 Å². The lowest BCUT2D eigenvalue weighted by atomic mass is 9.75. The Hall–Kier alpha value is -3.00. The summed E-state index contributed by atoms with van der Waals surface area (Å²) in [6, 6.07) is 25.6. The van der Waals surface area contributed by atoms with Crippen molar-refractivity contribution in [2.24, 2.45) is 17.8 Å². The van der Waals surface area contributed by atoms with E-state index in [9.17, 15) is 9.59 Å². The largest absolute Gasteiger partial charge is 0.489 e. The van der Waals surface area contributed by atoms with Gasteiger partial charge in [-0.25, -0.2) is 0 Å². The van der Waals surface area contributed by atoms with Gasteiger partial charge in [-0.05, 0) is 84.5 Å². The molecule has 1 amide bonds. The lowest BCUT2D eigenvalue weighted by Gasteiger charge is -2.40. The van der Waals surface area contributed by atoms with Gasteiger partial charge in [0.2, 0.25) is 5.91 Å². The van der Waals surface area contributed by atoms with Crippen LogP contribution in [0.5, 0.6) is 5.75 Å². The monoisotopic (exact) mass is 588 g/mol. The smallest absolute Gasteiger partial charge is 0.308 e. The number of benzene rings is 3. The van der Waals surface area contributed by atoms with Crippen molar-refractivity contribution >= 4 is 46.3 Å². The summed E-state index contributed by atoms with van der Waals surface area (Å²) in [7, 11) is 0. The number of hydrogen-bond acceptors (Lipinski definition) is 5. The van der Waals surface area contributed by atoms with Crippen LogP contribution in [0.25, 0.3) is 0 Å². The van der Waals surface area contributed by atoms with E-state index in [1.54, 1.807) is 28.8 Å². The zero-order valence-electron chi connectivity index (χ0n) is 21.8. The van der Waals surface area contributed by atoms with Crippen molar-refractivity contribution in [1.29, 1.82) is 0 Å². The molecule has 2 heterocycles. The van der Waals surface area contributed by atoms with Crippen LogP contribution in [0.3, 0.4) is 0 Å². The summed E-state index contributed by atoms with van der Waals surface area (Å²) < 4.78 is 7.75. The Balaban J connectivity index is 1.17. The molecule has 1 aromatic heterocycles. The maximum atomic E-state index is 13.3. The quantitative estimate of drug-likeness (QED) is 0.244. The second-order valence-corrected chi connectivity index (χ2v) is 13.6. The number of halogens is 1. The summed E-state index contributed by atoms with van der Waals surface area (Å²) >= 11 is 9.14. The van der Waals surface area contributed by atoms with Gasteiger partial charge in [0.05, 0.1) is 5.03 Å². The fraction of sp³-hybridized carbons (Fsp3) is 0.312. The van der Waals surface area contributed by atoms with Gasteiger partial charge in [-0.15, -0.1) is 11.8 Å². The molecule has 204 valence electrons. The van der Waals surface area contributed by atoms with Crippen molar-refractivity contribution in [3.63, 3.8) is 0 Å². The first-order valence-corrected chi connectivity index (χ1v) is 15.8. The first-order chi connectivity index (χ1) is 19.5. The van der Waals surface area contributed by atoms with Crippen LogP contribution in [0.15, 0.2) is 88.7 Å². The number of thioether (sulfide) groups is 1. The molecule has 5 nitrogen and oxygen atoms in total. The fourth-order valence-electron chi connectivity index (χ4n) is 6.85. The van der Waals surface area contributed by atoms with Gasteiger partial charge in [0.25, 0.3) is 0 Å². The number of nitrogens with zero attached hydrogens (tertiary/aromatic N) is 1. The number of thiazole rings is 1. The minimum atomic E-state index is -0.211. The molecule has 0 spiro atoms. The van der Waals surface area contributed by atoms with Gasteiger partial charge in [-0.1, -0.05) is 65.4 Å². The van der Waals surface area contributed by atoms with Gasteiger partial charge in [0.1, 0.15) is 18.9 Å². The number of hydrogen-bond donors (Lipinski definition) is 1. The Bertz CT molecular complexity index is 1580. The highest BCUT2D eigenvalue weighted by atomic mass is 35.5. The number of carbonyl (C=O) groups is 1. The van der Waals surface area contributed by atoms with E-state index in [4.69, 9.17) is 16.3 Å². The Morgan fingerprint density at radius 2 is 1.73 bits per heavy atom. The van der Waals surface area contributed by atoms with Crippen LogP contribution in [0, 0.1) is 17.8 Å². The highest BCUT2D eigenvalue weighted by Gasteiger charge is 2.55. The lowest BCUT2D eigenvalue weighted by Crippen LogP contribution is -2.34. The molecule has 2 aliphatic carbocycles. The third kappa shape index (κ3) is 4.89. The predicted molar refractivity (Wildman–Crippen MR) is 162 cm³/mol. The van der Waals surface area contributed by atoms with Crippen LogP contribution < -0.4 is 14.9 Å². The van der Waals surface area contributed by atoms with Gasteiger partial charge in [-0.2, -0.15) is 0 Å². The third-order valence-electron chi connectivity index (χ3n) is 8.61.